The van der Waals surface area contributed by atoms with E-state index in [4.69, 9.17) is 27.9 Å². The van der Waals surface area contributed by atoms with Gasteiger partial charge in [-0.3, -0.25) is 4.68 Å². The smallest absolute Gasteiger partial charge is 0.417 e. The number of aromatic nitrogens is 6. The summed E-state index contributed by atoms with van der Waals surface area (Å²) in [6.45, 7) is -0.107. The van der Waals surface area contributed by atoms with Crippen LogP contribution in [0.1, 0.15) is 11.1 Å². The predicted molar refractivity (Wildman–Crippen MR) is 133 cm³/mol. The number of methoxy groups -OCH3 is 1. The lowest BCUT2D eigenvalue weighted by Crippen LogP contribution is -2.10. The van der Waals surface area contributed by atoms with Gasteiger partial charge in [-0.2, -0.15) is 18.3 Å². The molecule has 0 fully saturated rings. The van der Waals surface area contributed by atoms with Crippen molar-refractivity contribution in [3.63, 3.8) is 0 Å². The first-order valence-corrected chi connectivity index (χ1v) is 11.5. The summed E-state index contributed by atoms with van der Waals surface area (Å²) in [4.78, 5) is 17.0. The summed E-state index contributed by atoms with van der Waals surface area (Å²) in [6, 6.07) is 10.9. The third-order valence-electron chi connectivity index (χ3n) is 5.47. The molecule has 0 saturated heterocycles. The maximum atomic E-state index is 13.4. The molecule has 0 aliphatic carbocycles. The molecule has 37 heavy (non-hydrogen) atoms. The standard InChI is InChI=1S/C24H16Cl2F3N7O/c1-37-18-10-31-23(34-22(18)33-19-8-9-30-12-32-19)21-13-4-2-3-5-17(13)36(35-21)11-14-16(25)7-6-15(20(14)26)24(27,28)29/h2-10,12H,11H2,1H3,(H,30,31,32,33,34). The van der Waals surface area contributed by atoms with Gasteiger partial charge in [0.15, 0.2) is 17.4 Å². The van der Waals surface area contributed by atoms with E-state index in [0.717, 1.165) is 6.07 Å². The summed E-state index contributed by atoms with van der Waals surface area (Å²) >= 11 is 12.4. The molecule has 0 atom stereocenters. The molecule has 0 saturated carbocycles. The van der Waals surface area contributed by atoms with Gasteiger partial charge in [0.05, 0.1) is 36.0 Å². The van der Waals surface area contributed by atoms with Crippen LogP contribution in [-0.2, 0) is 12.7 Å². The number of alkyl halides is 3. The van der Waals surface area contributed by atoms with Crippen molar-refractivity contribution in [1.29, 1.82) is 0 Å². The topological polar surface area (TPSA) is 90.6 Å². The Balaban J connectivity index is 1.60. The Morgan fingerprint density at radius 1 is 1.05 bits per heavy atom. The van der Waals surface area contributed by atoms with Crippen molar-refractivity contribution < 1.29 is 17.9 Å². The number of hydrogen-bond acceptors (Lipinski definition) is 7. The molecule has 13 heteroatoms. The second-order valence-corrected chi connectivity index (χ2v) is 8.52. The molecule has 5 rings (SSSR count). The van der Waals surface area contributed by atoms with Gasteiger partial charge in [-0.15, -0.1) is 0 Å². The molecule has 0 aliphatic heterocycles. The Hall–Kier alpha value is -3.96. The van der Waals surface area contributed by atoms with E-state index in [-0.39, 0.29) is 23.0 Å². The van der Waals surface area contributed by atoms with Crippen LogP contribution in [-0.4, -0.2) is 36.8 Å². The molecule has 1 N–H and O–H groups in total. The Kier molecular flexibility index (Phi) is 6.57. The van der Waals surface area contributed by atoms with Crippen molar-refractivity contribution in [2.75, 3.05) is 12.4 Å². The summed E-state index contributed by atoms with van der Waals surface area (Å²) in [5.74, 6) is 1.46. The van der Waals surface area contributed by atoms with Crippen LogP contribution in [0.4, 0.5) is 24.8 Å². The summed E-state index contributed by atoms with van der Waals surface area (Å²) in [7, 11) is 1.48. The van der Waals surface area contributed by atoms with Gasteiger partial charge in [0.1, 0.15) is 17.8 Å². The Bertz CT molecular complexity index is 1590. The first-order chi connectivity index (χ1) is 17.8. The van der Waals surface area contributed by atoms with Gasteiger partial charge in [0.25, 0.3) is 0 Å². The van der Waals surface area contributed by atoms with E-state index in [1.54, 1.807) is 24.4 Å². The summed E-state index contributed by atoms with van der Waals surface area (Å²) in [5, 5.41) is 7.99. The van der Waals surface area contributed by atoms with Gasteiger partial charge in [-0.05, 0) is 24.3 Å². The Morgan fingerprint density at radius 3 is 2.59 bits per heavy atom. The minimum atomic E-state index is -4.63. The molecule has 3 heterocycles. The molecule has 188 valence electrons. The minimum Gasteiger partial charge on any atom is -0.491 e. The average Bonchev–Trinajstić information content (AvgIpc) is 3.25. The summed E-state index contributed by atoms with van der Waals surface area (Å²) in [5.41, 5.74) is 0.166. The van der Waals surface area contributed by atoms with E-state index in [1.807, 2.05) is 12.1 Å². The number of nitrogens with zero attached hydrogens (tertiary/aromatic N) is 6. The van der Waals surface area contributed by atoms with Crippen molar-refractivity contribution in [2.45, 2.75) is 12.7 Å². The Labute approximate surface area is 218 Å². The molecule has 2 aromatic carbocycles. The van der Waals surface area contributed by atoms with Crippen molar-refractivity contribution in [2.24, 2.45) is 0 Å². The Morgan fingerprint density at radius 2 is 1.86 bits per heavy atom. The average molecular weight is 546 g/mol. The number of nitrogens with one attached hydrogen (secondary N) is 1. The fourth-order valence-corrected chi connectivity index (χ4v) is 4.33. The van der Waals surface area contributed by atoms with Gasteiger partial charge in [0.2, 0.25) is 0 Å². The van der Waals surface area contributed by atoms with Crippen molar-refractivity contribution in [3.05, 3.63) is 82.4 Å². The molecule has 0 spiro atoms. The summed E-state index contributed by atoms with van der Waals surface area (Å²) in [6.07, 6.45) is -0.183. The predicted octanol–water partition coefficient (Wildman–Crippen LogP) is 6.41. The van der Waals surface area contributed by atoms with E-state index in [0.29, 0.717) is 34.0 Å². The van der Waals surface area contributed by atoms with Gasteiger partial charge in [0, 0.05) is 22.2 Å². The highest BCUT2D eigenvalue weighted by molar-refractivity contribution is 6.36. The van der Waals surface area contributed by atoms with Crippen LogP contribution in [0.15, 0.2) is 61.2 Å². The number of ether oxygens (including phenoxy) is 1. The molecule has 0 bridgehead atoms. The number of halogens is 5. The number of anilines is 2. The number of benzene rings is 2. The van der Waals surface area contributed by atoms with Gasteiger partial charge in [-0.1, -0.05) is 41.4 Å². The lowest BCUT2D eigenvalue weighted by molar-refractivity contribution is -0.137. The van der Waals surface area contributed by atoms with E-state index in [2.05, 4.69) is 30.4 Å². The highest BCUT2D eigenvalue weighted by Crippen LogP contribution is 2.39. The van der Waals surface area contributed by atoms with Crippen LogP contribution in [0, 0.1) is 0 Å². The molecule has 0 unspecified atom stereocenters. The number of rotatable bonds is 6. The largest absolute Gasteiger partial charge is 0.491 e. The molecule has 5 aromatic rings. The van der Waals surface area contributed by atoms with Gasteiger partial charge >= 0.3 is 6.18 Å². The highest BCUT2D eigenvalue weighted by atomic mass is 35.5. The first kappa shape index (κ1) is 24.7. The second kappa shape index (κ2) is 9.83. The molecule has 0 amide bonds. The molecule has 3 aromatic heterocycles. The normalized spacial score (nSPS) is 11.6. The lowest BCUT2D eigenvalue weighted by atomic mass is 10.1. The van der Waals surface area contributed by atoms with E-state index in [1.165, 1.54) is 30.4 Å². The molecule has 0 aliphatic rings. The minimum absolute atomic E-state index is 0.0937. The maximum absolute atomic E-state index is 13.4. The molecular weight excluding hydrogens is 530 g/mol. The van der Waals surface area contributed by atoms with E-state index >= 15 is 0 Å². The third kappa shape index (κ3) is 4.87. The van der Waals surface area contributed by atoms with E-state index in [9.17, 15) is 13.2 Å². The fraction of sp³-hybridized carbons (Fsp3) is 0.125. The fourth-order valence-electron chi connectivity index (χ4n) is 3.73. The summed E-state index contributed by atoms with van der Waals surface area (Å²) < 4.78 is 47.2. The monoisotopic (exact) mass is 545 g/mol. The van der Waals surface area contributed by atoms with Crippen LogP contribution in [0.3, 0.4) is 0 Å². The van der Waals surface area contributed by atoms with Crippen LogP contribution < -0.4 is 10.1 Å². The molecule has 8 nitrogen and oxygen atoms in total. The number of hydrogen-bond donors (Lipinski definition) is 1. The molecular formula is C24H16Cl2F3N7O. The quantitative estimate of drug-likeness (QED) is 0.263. The van der Waals surface area contributed by atoms with Crippen molar-refractivity contribution in [3.8, 4) is 17.3 Å². The zero-order valence-electron chi connectivity index (χ0n) is 19.0. The number of para-hydroxylation sites is 1. The molecule has 0 radical (unpaired) electrons. The maximum Gasteiger partial charge on any atom is 0.417 e. The van der Waals surface area contributed by atoms with Crippen LogP contribution in [0.25, 0.3) is 22.4 Å². The van der Waals surface area contributed by atoms with Crippen molar-refractivity contribution in [1.82, 2.24) is 29.7 Å². The van der Waals surface area contributed by atoms with E-state index < -0.39 is 16.8 Å². The highest BCUT2D eigenvalue weighted by Gasteiger charge is 2.34. The zero-order chi connectivity index (χ0) is 26.2. The third-order valence-corrected chi connectivity index (χ3v) is 6.26. The van der Waals surface area contributed by atoms with Crippen LogP contribution in [0.5, 0.6) is 5.75 Å². The lowest BCUT2D eigenvalue weighted by Gasteiger charge is -2.14. The van der Waals surface area contributed by atoms with Crippen molar-refractivity contribution >= 4 is 45.7 Å². The second-order valence-electron chi connectivity index (χ2n) is 7.74. The van der Waals surface area contributed by atoms with Crippen LogP contribution >= 0.6 is 23.2 Å². The SMILES string of the molecule is COc1cnc(-c2nn(Cc3c(Cl)ccc(C(F)(F)F)c3Cl)c3ccccc23)nc1Nc1ccncn1. The van der Waals surface area contributed by atoms with Gasteiger partial charge < -0.3 is 10.1 Å². The van der Waals surface area contributed by atoms with Crippen LogP contribution in [0.2, 0.25) is 10.0 Å². The number of fused-ring (bicyclic) bond motifs is 1. The first-order valence-electron chi connectivity index (χ1n) is 10.7. The zero-order valence-corrected chi connectivity index (χ0v) is 20.5. The van der Waals surface area contributed by atoms with Gasteiger partial charge in [-0.25, -0.2) is 19.9 Å².